The van der Waals surface area contributed by atoms with Crippen molar-refractivity contribution in [3.63, 3.8) is 0 Å². The van der Waals surface area contributed by atoms with Crippen LogP contribution in [0.4, 0.5) is 4.39 Å². The number of hydrogen-bond acceptors (Lipinski definition) is 4. The van der Waals surface area contributed by atoms with Crippen LogP contribution in [0.1, 0.15) is 17.3 Å². The molecule has 0 radical (unpaired) electrons. The molecule has 1 aliphatic heterocycles. The smallest absolute Gasteiger partial charge is 0.261 e. The molecule has 1 fully saturated rings. The molecule has 0 aromatic heterocycles. The number of aliphatic hydroxyl groups excluding tert-OH is 1. The van der Waals surface area contributed by atoms with Gasteiger partial charge in [-0.1, -0.05) is 6.07 Å². The van der Waals surface area contributed by atoms with Gasteiger partial charge in [0.25, 0.3) is 5.91 Å². The van der Waals surface area contributed by atoms with Crippen molar-refractivity contribution in [1.29, 1.82) is 0 Å². The topological polar surface area (TPSA) is 70.0 Å². The lowest BCUT2D eigenvalue weighted by Crippen LogP contribution is -2.52. The van der Waals surface area contributed by atoms with Gasteiger partial charge >= 0.3 is 0 Å². The highest BCUT2D eigenvalue weighted by Crippen LogP contribution is 2.24. The van der Waals surface area contributed by atoms with Crippen LogP contribution in [-0.2, 0) is 4.74 Å². The number of rotatable bonds is 2. The van der Waals surface area contributed by atoms with E-state index in [0.29, 0.717) is 0 Å². The Morgan fingerprint density at radius 2 is 2.32 bits per heavy atom. The Morgan fingerprint density at radius 1 is 1.58 bits per heavy atom. The Hall–Kier alpha value is -1.66. The third-order valence-corrected chi connectivity index (χ3v) is 3.18. The average molecular weight is 269 g/mol. The molecule has 0 aliphatic carbocycles. The molecule has 2 N–H and O–H groups in total. The van der Waals surface area contributed by atoms with Gasteiger partial charge in [0.05, 0.1) is 25.4 Å². The molecular formula is C13H16FNO4. The minimum absolute atomic E-state index is 0.171. The van der Waals surface area contributed by atoms with Gasteiger partial charge in [-0.2, -0.15) is 0 Å². The van der Waals surface area contributed by atoms with Crippen molar-refractivity contribution in [3.05, 3.63) is 29.6 Å². The van der Waals surface area contributed by atoms with Gasteiger partial charge in [0.2, 0.25) is 0 Å². The highest BCUT2D eigenvalue weighted by Gasteiger charge is 2.32. The largest absolute Gasteiger partial charge is 0.507 e. The number of carbonyl (C=O) groups is 1. The van der Waals surface area contributed by atoms with Crippen LogP contribution in [0.2, 0.25) is 0 Å². The number of carbonyl (C=O) groups excluding carboxylic acids is 1. The molecule has 1 heterocycles. The number of aromatic hydroxyl groups is 1. The lowest BCUT2D eigenvalue weighted by molar-refractivity contribution is -0.0668. The zero-order chi connectivity index (χ0) is 14.0. The van der Waals surface area contributed by atoms with Crippen molar-refractivity contribution < 1.29 is 24.1 Å². The van der Waals surface area contributed by atoms with Crippen molar-refractivity contribution in [2.45, 2.75) is 19.1 Å². The van der Waals surface area contributed by atoms with E-state index in [2.05, 4.69) is 0 Å². The molecule has 0 saturated carbocycles. The van der Waals surface area contributed by atoms with E-state index >= 15 is 0 Å². The van der Waals surface area contributed by atoms with Crippen molar-refractivity contribution in [1.82, 2.24) is 4.90 Å². The number of hydrogen-bond donors (Lipinski definition) is 2. The molecule has 1 aromatic rings. The van der Waals surface area contributed by atoms with Crippen LogP contribution in [0, 0.1) is 5.82 Å². The van der Waals surface area contributed by atoms with Crippen molar-refractivity contribution in [2.24, 2.45) is 0 Å². The van der Waals surface area contributed by atoms with Gasteiger partial charge in [0.1, 0.15) is 17.1 Å². The summed E-state index contributed by atoms with van der Waals surface area (Å²) >= 11 is 0. The first kappa shape index (κ1) is 13.8. The number of phenolic OH excluding ortho intramolecular Hbond substituents is 1. The SMILES string of the molecule is CC1COC(CO)CN1C(=O)c1c(O)cccc1F. The molecule has 6 heteroatoms. The molecular weight excluding hydrogens is 253 g/mol. The fourth-order valence-electron chi connectivity index (χ4n) is 2.08. The van der Waals surface area contributed by atoms with Crippen molar-refractivity contribution in [3.8, 4) is 5.75 Å². The molecule has 2 rings (SSSR count). The van der Waals surface area contributed by atoms with Gasteiger partial charge in [-0.25, -0.2) is 4.39 Å². The average Bonchev–Trinajstić information content (AvgIpc) is 2.39. The van der Waals surface area contributed by atoms with Crippen LogP contribution < -0.4 is 0 Å². The monoisotopic (exact) mass is 269 g/mol. The molecule has 2 unspecified atom stereocenters. The first-order valence-electron chi connectivity index (χ1n) is 6.05. The van der Waals surface area contributed by atoms with Crippen LogP contribution in [0.15, 0.2) is 18.2 Å². The lowest BCUT2D eigenvalue weighted by atomic mass is 10.1. The molecule has 104 valence electrons. The standard InChI is InChI=1S/C13H16FNO4/c1-8-7-19-9(6-16)5-15(8)13(18)12-10(14)3-2-4-11(12)17/h2-4,8-9,16-17H,5-7H2,1H3. The number of ether oxygens (including phenoxy) is 1. The summed E-state index contributed by atoms with van der Waals surface area (Å²) in [7, 11) is 0. The Labute approximate surface area is 110 Å². The second-order valence-corrected chi connectivity index (χ2v) is 4.58. The molecule has 5 nitrogen and oxygen atoms in total. The van der Waals surface area contributed by atoms with Gasteiger partial charge in [-0.3, -0.25) is 4.79 Å². The summed E-state index contributed by atoms with van der Waals surface area (Å²) in [6, 6.07) is 3.49. The van der Waals surface area contributed by atoms with Crippen LogP contribution in [-0.4, -0.2) is 52.9 Å². The predicted molar refractivity (Wildman–Crippen MR) is 65.4 cm³/mol. The number of phenols is 1. The summed E-state index contributed by atoms with van der Waals surface area (Å²) in [6.07, 6.45) is -0.478. The van der Waals surface area contributed by atoms with Gasteiger partial charge in [-0.05, 0) is 19.1 Å². The first-order valence-corrected chi connectivity index (χ1v) is 6.05. The van der Waals surface area contributed by atoms with Crippen LogP contribution in [0.5, 0.6) is 5.75 Å². The number of benzene rings is 1. The molecule has 1 aromatic carbocycles. The summed E-state index contributed by atoms with van der Waals surface area (Å²) in [5, 5.41) is 18.7. The number of amides is 1. The Kier molecular flexibility index (Phi) is 4.01. The molecule has 19 heavy (non-hydrogen) atoms. The zero-order valence-electron chi connectivity index (χ0n) is 10.5. The maximum Gasteiger partial charge on any atom is 0.261 e. The Bertz CT molecular complexity index is 459. The van der Waals surface area contributed by atoms with E-state index in [0.717, 1.165) is 6.07 Å². The quantitative estimate of drug-likeness (QED) is 0.831. The molecule has 1 aliphatic rings. The second kappa shape index (κ2) is 5.54. The highest BCUT2D eigenvalue weighted by molar-refractivity contribution is 5.97. The third kappa shape index (κ3) is 2.69. The van der Waals surface area contributed by atoms with Crippen molar-refractivity contribution in [2.75, 3.05) is 19.8 Å². The number of aliphatic hydroxyl groups is 1. The molecule has 0 spiro atoms. The fourth-order valence-corrected chi connectivity index (χ4v) is 2.08. The van der Waals surface area contributed by atoms with E-state index in [-0.39, 0.29) is 37.1 Å². The summed E-state index contributed by atoms with van der Waals surface area (Å²) in [4.78, 5) is 13.7. The normalized spacial score (nSPS) is 23.4. The first-order chi connectivity index (χ1) is 9.04. The molecule has 1 amide bonds. The van der Waals surface area contributed by atoms with Crippen molar-refractivity contribution >= 4 is 5.91 Å². The summed E-state index contributed by atoms with van der Waals surface area (Å²) < 4.78 is 19.0. The van der Waals surface area contributed by atoms with E-state index in [1.807, 2.05) is 0 Å². The van der Waals surface area contributed by atoms with E-state index < -0.39 is 17.8 Å². The number of halogens is 1. The maximum absolute atomic E-state index is 13.7. The number of nitrogens with zero attached hydrogens (tertiary/aromatic N) is 1. The summed E-state index contributed by atoms with van der Waals surface area (Å²) in [5.74, 6) is -1.74. The number of morpholine rings is 1. The Morgan fingerprint density at radius 3 is 2.95 bits per heavy atom. The highest BCUT2D eigenvalue weighted by atomic mass is 19.1. The van der Waals surface area contributed by atoms with E-state index in [4.69, 9.17) is 9.84 Å². The van der Waals surface area contributed by atoms with E-state index in [1.165, 1.54) is 17.0 Å². The second-order valence-electron chi connectivity index (χ2n) is 4.58. The van der Waals surface area contributed by atoms with Gasteiger partial charge in [0, 0.05) is 6.54 Å². The van der Waals surface area contributed by atoms with E-state index in [9.17, 15) is 14.3 Å². The van der Waals surface area contributed by atoms with Gasteiger partial charge in [0.15, 0.2) is 0 Å². The minimum Gasteiger partial charge on any atom is -0.507 e. The molecule has 1 saturated heterocycles. The molecule has 2 atom stereocenters. The fraction of sp³-hybridized carbons (Fsp3) is 0.462. The predicted octanol–water partition coefficient (Wildman–Crippen LogP) is 0.753. The van der Waals surface area contributed by atoms with Gasteiger partial charge < -0.3 is 19.8 Å². The van der Waals surface area contributed by atoms with Gasteiger partial charge in [-0.15, -0.1) is 0 Å². The maximum atomic E-state index is 13.7. The summed E-state index contributed by atoms with van der Waals surface area (Å²) in [5.41, 5.74) is -0.340. The summed E-state index contributed by atoms with van der Waals surface area (Å²) in [6.45, 7) is 2.00. The minimum atomic E-state index is -0.760. The molecule has 0 bridgehead atoms. The Balaban J connectivity index is 2.27. The third-order valence-electron chi connectivity index (χ3n) is 3.18. The zero-order valence-corrected chi connectivity index (χ0v) is 10.5. The van der Waals surface area contributed by atoms with Crippen LogP contribution >= 0.6 is 0 Å². The lowest BCUT2D eigenvalue weighted by Gasteiger charge is -2.37. The van der Waals surface area contributed by atoms with Crippen LogP contribution in [0.25, 0.3) is 0 Å². The van der Waals surface area contributed by atoms with E-state index in [1.54, 1.807) is 6.92 Å². The van der Waals surface area contributed by atoms with Crippen LogP contribution in [0.3, 0.4) is 0 Å².